The lowest BCUT2D eigenvalue weighted by atomic mass is 9.94. The van der Waals surface area contributed by atoms with Crippen LogP contribution in [-0.2, 0) is 14.3 Å². The van der Waals surface area contributed by atoms with Crippen molar-refractivity contribution in [2.45, 2.75) is 81.3 Å². The molecule has 0 aromatic carbocycles. The molecular formula is C17H38O3. The summed E-state index contributed by atoms with van der Waals surface area (Å²) in [6, 6.07) is 0. The summed E-state index contributed by atoms with van der Waals surface area (Å²) in [5.74, 6) is -0.169. The normalized spacial score (nSPS) is 11.6. The molecule has 0 radical (unpaired) electrons. The zero-order chi connectivity index (χ0) is 17.2. The summed E-state index contributed by atoms with van der Waals surface area (Å²) in [4.78, 5) is 10.6. The van der Waals surface area contributed by atoms with Crippen molar-refractivity contribution in [3.8, 4) is 0 Å². The van der Waals surface area contributed by atoms with Crippen LogP contribution in [-0.4, -0.2) is 25.8 Å². The Morgan fingerprint density at radius 3 is 1.10 bits per heavy atom. The summed E-state index contributed by atoms with van der Waals surface area (Å²) in [7, 11) is 3.10. The Morgan fingerprint density at radius 1 is 0.850 bits per heavy atom. The molecule has 0 saturated carbocycles. The molecule has 0 heterocycles. The number of ether oxygens (including phenoxy) is 2. The summed E-state index contributed by atoms with van der Waals surface area (Å²) >= 11 is 0. The van der Waals surface area contributed by atoms with Crippen molar-refractivity contribution >= 4 is 5.97 Å². The van der Waals surface area contributed by atoms with Gasteiger partial charge in [-0.05, 0) is 47.0 Å². The number of esters is 1. The van der Waals surface area contributed by atoms with Gasteiger partial charge in [0, 0.05) is 7.11 Å². The molecule has 0 unspecified atom stereocenters. The van der Waals surface area contributed by atoms with E-state index in [2.05, 4.69) is 32.4 Å². The fourth-order valence-electron chi connectivity index (χ4n) is 0.306. The second-order valence-corrected chi connectivity index (χ2v) is 7.97. The van der Waals surface area contributed by atoms with Crippen LogP contribution in [0.3, 0.4) is 0 Å². The molecule has 3 nitrogen and oxygen atoms in total. The van der Waals surface area contributed by atoms with Crippen LogP contribution >= 0.6 is 0 Å². The van der Waals surface area contributed by atoms with E-state index in [1.54, 1.807) is 7.11 Å². The summed E-state index contributed by atoms with van der Waals surface area (Å²) in [5.41, 5.74) is 0.231. The topological polar surface area (TPSA) is 35.5 Å². The number of hydrogen-bond donors (Lipinski definition) is 0. The van der Waals surface area contributed by atoms with Gasteiger partial charge >= 0.3 is 5.97 Å². The monoisotopic (exact) mass is 290 g/mol. The molecule has 3 heteroatoms. The van der Waals surface area contributed by atoms with Crippen molar-refractivity contribution in [1.82, 2.24) is 0 Å². The summed E-state index contributed by atoms with van der Waals surface area (Å²) in [6.07, 6.45) is 1.27. The van der Waals surface area contributed by atoms with E-state index in [4.69, 9.17) is 4.74 Å². The lowest BCUT2D eigenvalue weighted by molar-refractivity contribution is -0.149. The minimum atomic E-state index is -0.352. The summed E-state index contributed by atoms with van der Waals surface area (Å²) in [6.45, 7) is 20.5. The maximum atomic E-state index is 10.6. The molecule has 0 aromatic heterocycles. The molecular weight excluding hydrogens is 252 g/mol. The van der Waals surface area contributed by atoms with Crippen molar-refractivity contribution < 1.29 is 14.3 Å². The van der Waals surface area contributed by atoms with Crippen molar-refractivity contribution in [3.05, 3.63) is 0 Å². The van der Waals surface area contributed by atoms with Gasteiger partial charge in [0.1, 0.15) is 0 Å². The van der Waals surface area contributed by atoms with Gasteiger partial charge in [0.25, 0.3) is 0 Å². The largest absolute Gasteiger partial charge is 0.469 e. The molecule has 0 saturated heterocycles. The first-order chi connectivity index (χ1) is 8.60. The lowest BCUT2D eigenvalue weighted by Gasteiger charge is -2.14. The van der Waals surface area contributed by atoms with Crippen LogP contribution in [0.5, 0.6) is 0 Å². The van der Waals surface area contributed by atoms with Crippen LogP contribution in [0.25, 0.3) is 0 Å². The zero-order valence-electron chi connectivity index (χ0n) is 15.9. The number of rotatable bonds is 0. The molecule has 0 fully saturated rings. The first kappa shape index (κ1) is 24.4. The average molecular weight is 290 g/mol. The Labute approximate surface area is 127 Å². The van der Waals surface area contributed by atoms with Crippen LogP contribution in [0, 0.1) is 10.8 Å². The van der Waals surface area contributed by atoms with Gasteiger partial charge in [0.2, 0.25) is 0 Å². The second kappa shape index (κ2) is 10.2. The van der Waals surface area contributed by atoms with Gasteiger partial charge in [0.05, 0.1) is 18.1 Å². The third-order valence-electron chi connectivity index (χ3n) is 2.47. The van der Waals surface area contributed by atoms with Crippen molar-refractivity contribution in [2.75, 3.05) is 14.2 Å². The highest BCUT2D eigenvalue weighted by Crippen LogP contribution is 2.16. The smallest absolute Gasteiger partial charge is 0.310 e. The molecule has 124 valence electrons. The Hall–Kier alpha value is -0.570. The van der Waals surface area contributed by atoms with E-state index in [1.807, 2.05) is 41.5 Å². The third-order valence-corrected chi connectivity index (χ3v) is 2.47. The minimum Gasteiger partial charge on any atom is -0.469 e. The van der Waals surface area contributed by atoms with Crippen molar-refractivity contribution in [2.24, 2.45) is 10.8 Å². The predicted octanol–water partition coefficient (Wildman–Crippen LogP) is 5.08. The van der Waals surface area contributed by atoms with E-state index in [0.29, 0.717) is 5.41 Å². The molecule has 0 aliphatic rings. The number of methoxy groups -OCH3 is 2. The summed E-state index contributed by atoms with van der Waals surface area (Å²) in [5, 5.41) is 0. The average Bonchev–Trinajstić information content (AvgIpc) is 2.26. The van der Waals surface area contributed by atoms with E-state index in [9.17, 15) is 4.79 Å². The minimum absolute atomic E-state index is 0.0417. The quantitative estimate of drug-likeness (QED) is 0.584. The fraction of sp³-hybridized carbons (Fsp3) is 0.941. The number of carbonyl (C=O) groups excluding carboxylic acids is 1. The highest BCUT2D eigenvalue weighted by molar-refractivity contribution is 5.75. The third kappa shape index (κ3) is 26.1. The van der Waals surface area contributed by atoms with E-state index < -0.39 is 0 Å². The Bertz CT molecular complexity index is 222. The maximum Gasteiger partial charge on any atom is 0.310 e. The molecule has 0 aliphatic heterocycles. The van der Waals surface area contributed by atoms with Gasteiger partial charge < -0.3 is 9.47 Å². The molecule has 0 rings (SSSR count). The van der Waals surface area contributed by atoms with Crippen molar-refractivity contribution in [1.29, 1.82) is 0 Å². The van der Waals surface area contributed by atoms with E-state index >= 15 is 0 Å². The van der Waals surface area contributed by atoms with Crippen LogP contribution < -0.4 is 0 Å². The van der Waals surface area contributed by atoms with Gasteiger partial charge in [0.15, 0.2) is 0 Å². The molecule has 20 heavy (non-hydrogen) atoms. The molecule has 0 bridgehead atoms. The first-order valence-corrected chi connectivity index (χ1v) is 7.24. The van der Waals surface area contributed by atoms with E-state index in [0.717, 1.165) is 0 Å². The number of hydrogen-bond acceptors (Lipinski definition) is 3. The van der Waals surface area contributed by atoms with Crippen LogP contribution in [0.15, 0.2) is 0 Å². The molecule has 0 N–H and O–H groups in total. The van der Waals surface area contributed by atoms with Gasteiger partial charge in [-0.25, -0.2) is 0 Å². The van der Waals surface area contributed by atoms with Crippen LogP contribution in [0.4, 0.5) is 0 Å². The maximum absolute atomic E-state index is 10.6. The zero-order valence-corrected chi connectivity index (χ0v) is 15.9. The van der Waals surface area contributed by atoms with Gasteiger partial charge in [-0.15, -0.1) is 0 Å². The Balaban J connectivity index is -0.000000221. The van der Waals surface area contributed by atoms with E-state index in [-0.39, 0.29) is 17.0 Å². The molecule has 0 atom stereocenters. The standard InChI is InChI=1S/C6H12O2.C6H14.C5H12O/c1-6(2,3)5(7)8-4;1-5-6(2,3)4;1-5(2,3)6-4/h1-4H3;5H2,1-4H3;1-4H3. The molecule has 0 amide bonds. The SMILES string of the molecule is CCC(C)(C)C.COC(=O)C(C)(C)C.COC(C)(C)C. The second-order valence-electron chi connectivity index (χ2n) is 7.97. The Kier molecular flexibility index (Phi) is 12.5. The summed E-state index contributed by atoms with van der Waals surface area (Å²) < 4.78 is 9.41. The lowest BCUT2D eigenvalue weighted by Crippen LogP contribution is -2.21. The predicted molar refractivity (Wildman–Crippen MR) is 88.0 cm³/mol. The van der Waals surface area contributed by atoms with Crippen molar-refractivity contribution in [3.63, 3.8) is 0 Å². The van der Waals surface area contributed by atoms with Crippen LogP contribution in [0.2, 0.25) is 0 Å². The van der Waals surface area contributed by atoms with Crippen LogP contribution in [0.1, 0.15) is 75.7 Å². The fourth-order valence-corrected chi connectivity index (χ4v) is 0.306. The molecule has 0 aromatic rings. The highest BCUT2D eigenvalue weighted by Gasteiger charge is 2.21. The van der Waals surface area contributed by atoms with E-state index in [1.165, 1.54) is 13.5 Å². The van der Waals surface area contributed by atoms with Gasteiger partial charge in [-0.1, -0.05) is 34.1 Å². The highest BCUT2D eigenvalue weighted by atomic mass is 16.5. The molecule has 0 spiro atoms. The Morgan fingerprint density at radius 2 is 1.10 bits per heavy atom. The first-order valence-electron chi connectivity index (χ1n) is 7.24. The van der Waals surface area contributed by atoms with Gasteiger partial charge in [-0.3, -0.25) is 4.79 Å². The van der Waals surface area contributed by atoms with Gasteiger partial charge in [-0.2, -0.15) is 0 Å². The number of carbonyl (C=O) groups is 1. The molecule has 0 aliphatic carbocycles.